The second-order valence-corrected chi connectivity index (χ2v) is 3.84. The van der Waals surface area contributed by atoms with Gasteiger partial charge in [-0.25, -0.2) is 0 Å². The molecular weight excluding hydrogens is 214 g/mol. The highest BCUT2D eigenvalue weighted by Crippen LogP contribution is 2.13. The summed E-state index contributed by atoms with van der Waals surface area (Å²) in [4.78, 5) is 20.3. The number of fused-ring (bicyclic) bond motifs is 1. The molecule has 1 amide bonds. The highest BCUT2D eigenvalue weighted by Gasteiger charge is 2.10. The average Bonchev–Trinajstić information content (AvgIpc) is 2.38. The Morgan fingerprint density at radius 3 is 3.00 bits per heavy atom. The number of carbonyl (C=O) groups is 1. The Morgan fingerprint density at radius 1 is 1.29 bits per heavy atom. The van der Waals surface area contributed by atoms with Gasteiger partial charge in [0.25, 0.3) is 5.91 Å². The topological polar surface area (TPSA) is 54.9 Å². The van der Waals surface area contributed by atoms with Crippen molar-refractivity contribution in [3.63, 3.8) is 0 Å². The van der Waals surface area contributed by atoms with Gasteiger partial charge in [-0.3, -0.25) is 14.8 Å². The molecule has 0 aliphatic rings. The maximum Gasteiger partial charge on any atom is 0.270 e. The minimum absolute atomic E-state index is 0.128. The van der Waals surface area contributed by atoms with Gasteiger partial charge >= 0.3 is 0 Å². The zero-order valence-corrected chi connectivity index (χ0v) is 9.81. The molecule has 0 spiro atoms. The van der Waals surface area contributed by atoms with E-state index in [4.69, 9.17) is 0 Å². The highest BCUT2D eigenvalue weighted by atomic mass is 16.1. The van der Waals surface area contributed by atoms with Gasteiger partial charge in [0.1, 0.15) is 5.69 Å². The van der Waals surface area contributed by atoms with Gasteiger partial charge in [-0.1, -0.05) is 13.3 Å². The van der Waals surface area contributed by atoms with Crippen molar-refractivity contribution in [1.29, 1.82) is 0 Å². The zero-order valence-electron chi connectivity index (χ0n) is 9.81. The minimum atomic E-state index is -0.128. The number of pyridine rings is 2. The Kier molecular flexibility index (Phi) is 3.65. The molecule has 4 nitrogen and oxygen atoms in total. The van der Waals surface area contributed by atoms with Crippen LogP contribution in [0.4, 0.5) is 0 Å². The van der Waals surface area contributed by atoms with Gasteiger partial charge < -0.3 is 5.32 Å². The smallest absolute Gasteiger partial charge is 0.270 e. The lowest BCUT2D eigenvalue weighted by atomic mass is 10.2. The first kappa shape index (κ1) is 11.5. The molecule has 4 heteroatoms. The molecule has 0 aliphatic heterocycles. The van der Waals surface area contributed by atoms with E-state index in [2.05, 4.69) is 22.2 Å². The van der Waals surface area contributed by atoms with Crippen molar-refractivity contribution < 1.29 is 4.79 Å². The Balaban J connectivity index is 2.26. The fourth-order valence-electron chi connectivity index (χ4n) is 1.65. The van der Waals surface area contributed by atoms with Gasteiger partial charge in [-0.15, -0.1) is 0 Å². The molecule has 0 atom stereocenters. The average molecular weight is 229 g/mol. The zero-order chi connectivity index (χ0) is 12.1. The van der Waals surface area contributed by atoms with Crippen molar-refractivity contribution >= 4 is 16.8 Å². The van der Waals surface area contributed by atoms with Gasteiger partial charge in [0.2, 0.25) is 0 Å². The van der Waals surface area contributed by atoms with Crippen LogP contribution in [0, 0.1) is 0 Å². The first-order valence-electron chi connectivity index (χ1n) is 5.81. The van der Waals surface area contributed by atoms with E-state index in [0.717, 1.165) is 23.7 Å². The normalized spacial score (nSPS) is 10.4. The third-order valence-corrected chi connectivity index (χ3v) is 2.56. The first-order valence-corrected chi connectivity index (χ1v) is 5.81. The van der Waals surface area contributed by atoms with E-state index in [9.17, 15) is 4.79 Å². The third kappa shape index (κ3) is 2.58. The van der Waals surface area contributed by atoms with Crippen molar-refractivity contribution in [3.8, 4) is 0 Å². The Hall–Kier alpha value is -1.97. The van der Waals surface area contributed by atoms with Gasteiger partial charge in [0.15, 0.2) is 0 Å². The first-order chi connectivity index (χ1) is 8.33. The summed E-state index contributed by atoms with van der Waals surface area (Å²) >= 11 is 0. The van der Waals surface area contributed by atoms with E-state index < -0.39 is 0 Å². The van der Waals surface area contributed by atoms with Crippen LogP contribution >= 0.6 is 0 Å². The van der Waals surface area contributed by atoms with Crippen LogP contribution in [0.5, 0.6) is 0 Å². The number of unbranched alkanes of at least 4 members (excludes halogenated alkanes) is 1. The van der Waals surface area contributed by atoms with E-state index in [1.54, 1.807) is 18.5 Å². The Bertz CT molecular complexity index is 520. The van der Waals surface area contributed by atoms with E-state index in [1.807, 2.05) is 12.1 Å². The van der Waals surface area contributed by atoms with Crippen LogP contribution in [-0.4, -0.2) is 22.4 Å². The minimum Gasteiger partial charge on any atom is -0.351 e. The predicted octanol–water partition coefficient (Wildman–Crippen LogP) is 2.16. The lowest BCUT2D eigenvalue weighted by Crippen LogP contribution is -2.25. The Labute approximate surface area is 100 Å². The molecule has 0 radical (unpaired) electrons. The monoisotopic (exact) mass is 229 g/mol. The molecule has 0 unspecified atom stereocenters. The van der Waals surface area contributed by atoms with E-state index in [0.29, 0.717) is 12.2 Å². The fraction of sp³-hybridized carbons (Fsp3) is 0.308. The van der Waals surface area contributed by atoms with Gasteiger partial charge in [0, 0.05) is 24.3 Å². The molecule has 0 saturated heterocycles. The van der Waals surface area contributed by atoms with Gasteiger partial charge in [0.05, 0.1) is 5.52 Å². The lowest BCUT2D eigenvalue weighted by Gasteiger charge is -2.05. The number of aromatic nitrogens is 2. The molecule has 0 aromatic carbocycles. The summed E-state index contributed by atoms with van der Waals surface area (Å²) < 4.78 is 0. The van der Waals surface area contributed by atoms with Crippen molar-refractivity contribution in [2.45, 2.75) is 19.8 Å². The van der Waals surface area contributed by atoms with Crippen molar-refractivity contribution in [3.05, 3.63) is 36.3 Å². The molecular formula is C13H15N3O. The van der Waals surface area contributed by atoms with Gasteiger partial charge in [-0.05, 0) is 24.6 Å². The second-order valence-electron chi connectivity index (χ2n) is 3.84. The number of carbonyl (C=O) groups excluding carboxylic acids is 1. The summed E-state index contributed by atoms with van der Waals surface area (Å²) in [6, 6.07) is 5.48. The van der Waals surface area contributed by atoms with Crippen molar-refractivity contribution in [2.75, 3.05) is 6.54 Å². The summed E-state index contributed by atoms with van der Waals surface area (Å²) in [6.07, 6.45) is 5.37. The fourth-order valence-corrected chi connectivity index (χ4v) is 1.65. The summed E-state index contributed by atoms with van der Waals surface area (Å²) in [5.74, 6) is -0.128. The number of nitrogens with zero attached hydrogens (tertiary/aromatic N) is 2. The van der Waals surface area contributed by atoms with Crippen LogP contribution in [0.2, 0.25) is 0 Å². The maximum absolute atomic E-state index is 11.9. The van der Waals surface area contributed by atoms with E-state index >= 15 is 0 Å². The third-order valence-electron chi connectivity index (χ3n) is 2.56. The van der Waals surface area contributed by atoms with Crippen LogP contribution in [0.3, 0.4) is 0 Å². The van der Waals surface area contributed by atoms with Crippen molar-refractivity contribution in [1.82, 2.24) is 15.3 Å². The molecule has 0 fully saturated rings. The number of amides is 1. The molecule has 0 saturated carbocycles. The van der Waals surface area contributed by atoms with E-state index in [-0.39, 0.29) is 5.91 Å². The Morgan fingerprint density at radius 2 is 2.18 bits per heavy atom. The van der Waals surface area contributed by atoms with Crippen LogP contribution in [-0.2, 0) is 0 Å². The summed E-state index contributed by atoms with van der Waals surface area (Å²) in [5.41, 5.74) is 1.25. The van der Waals surface area contributed by atoms with Gasteiger partial charge in [-0.2, -0.15) is 0 Å². The maximum atomic E-state index is 11.9. The number of rotatable bonds is 4. The molecule has 88 valence electrons. The quantitative estimate of drug-likeness (QED) is 0.817. The largest absolute Gasteiger partial charge is 0.351 e. The molecule has 2 aromatic rings. The summed E-state index contributed by atoms with van der Waals surface area (Å²) in [5, 5.41) is 3.66. The summed E-state index contributed by atoms with van der Waals surface area (Å²) in [6.45, 7) is 2.78. The van der Waals surface area contributed by atoms with Crippen molar-refractivity contribution in [2.24, 2.45) is 0 Å². The van der Waals surface area contributed by atoms with E-state index in [1.165, 1.54) is 0 Å². The van der Waals surface area contributed by atoms with Crippen LogP contribution in [0.25, 0.3) is 10.9 Å². The summed E-state index contributed by atoms with van der Waals surface area (Å²) in [7, 11) is 0. The van der Waals surface area contributed by atoms with Crippen LogP contribution < -0.4 is 5.32 Å². The number of hydrogen-bond donors (Lipinski definition) is 1. The molecule has 0 aliphatic carbocycles. The van der Waals surface area contributed by atoms with Crippen LogP contribution in [0.15, 0.2) is 30.6 Å². The molecule has 2 heterocycles. The molecule has 0 bridgehead atoms. The predicted molar refractivity (Wildman–Crippen MR) is 66.8 cm³/mol. The molecule has 1 N–H and O–H groups in total. The second kappa shape index (κ2) is 5.39. The molecule has 17 heavy (non-hydrogen) atoms. The number of nitrogens with one attached hydrogen (secondary N) is 1. The number of hydrogen-bond acceptors (Lipinski definition) is 3. The molecule has 2 aromatic heterocycles. The SMILES string of the molecule is CCCCNC(=O)c1nccc2ncccc12. The molecule has 2 rings (SSSR count). The van der Waals surface area contributed by atoms with Crippen LogP contribution in [0.1, 0.15) is 30.3 Å². The standard InChI is InChI=1S/C13H15N3O/c1-2-3-7-16-13(17)12-10-5-4-8-14-11(10)6-9-15-12/h4-6,8-9H,2-3,7H2,1H3,(H,16,17). The lowest BCUT2D eigenvalue weighted by molar-refractivity contribution is 0.0950. The highest BCUT2D eigenvalue weighted by molar-refractivity contribution is 6.04.